The maximum absolute atomic E-state index is 12.3. The van der Waals surface area contributed by atoms with Crippen LogP contribution in [-0.4, -0.2) is 46.4 Å². The second-order valence-corrected chi connectivity index (χ2v) is 9.03. The van der Waals surface area contributed by atoms with Crippen LogP contribution in [0.2, 0.25) is 0 Å². The van der Waals surface area contributed by atoms with Gasteiger partial charge in [-0.05, 0) is 19.8 Å². The van der Waals surface area contributed by atoms with Gasteiger partial charge in [-0.15, -0.1) is 11.3 Å². The van der Waals surface area contributed by atoms with Crippen molar-refractivity contribution in [3.05, 3.63) is 17.3 Å². The van der Waals surface area contributed by atoms with E-state index in [2.05, 4.69) is 15.3 Å². The molecule has 0 spiro atoms. The first-order chi connectivity index (χ1) is 10.3. The van der Waals surface area contributed by atoms with E-state index in [1.54, 1.807) is 0 Å². The van der Waals surface area contributed by atoms with Crippen LogP contribution in [0.15, 0.2) is 12.3 Å². The first-order valence-corrected chi connectivity index (χ1v) is 9.39. The molecular weight excluding hydrogens is 390 g/mol. The minimum atomic E-state index is -2.98. The van der Waals surface area contributed by atoms with Gasteiger partial charge in [0.15, 0.2) is 5.01 Å². The molecule has 0 atom stereocenters. The molecule has 7 nitrogen and oxygen atoms in total. The Morgan fingerprint density at radius 3 is 2.70 bits per heavy atom. The van der Waals surface area contributed by atoms with E-state index >= 15 is 0 Å². The molecule has 10 heteroatoms. The maximum Gasteiger partial charge on any atom is 2.00 e. The number of amides is 1. The Hall–Kier alpha value is -1.22. The van der Waals surface area contributed by atoms with Gasteiger partial charge in [0.2, 0.25) is 5.88 Å². The fourth-order valence-electron chi connectivity index (χ4n) is 2.36. The average molecular weight is 405 g/mol. The number of nitrogens with zero attached hydrogens (tertiary/aromatic N) is 2. The summed E-state index contributed by atoms with van der Waals surface area (Å²) in [6.07, 6.45) is 2.20. The van der Waals surface area contributed by atoms with Crippen molar-refractivity contribution in [1.29, 1.82) is 0 Å². The third-order valence-corrected chi connectivity index (χ3v) is 6.47. The molecule has 0 unspecified atom stereocenters. The molecule has 2 aromatic heterocycles. The van der Waals surface area contributed by atoms with Gasteiger partial charge in [-0.2, -0.15) is 0 Å². The molecule has 3 rings (SSSR count). The van der Waals surface area contributed by atoms with Crippen molar-refractivity contribution in [3.8, 4) is 5.88 Å². The van der Waals surface area contributed by atoms with Gasteiger partial charge in [-0.3, -0.25) is 4.79 Å². The van der Waals surface area contributed by atoms with Crippen LogP contribution < -0.4 is 5.32 Å². The van der Waals surface area contributed by atoms with Gasteiger partial charge in [0.05, 0.1) is 22.4 Å². The molecular formula is C13H15CuN3O4S2+2. The maximum atomic E-state index is 12.3. The van der Waals surface area contributed by atoms with E-state index < -0.39 is 15.4 Å². The number of aromatic hydroxyl groups is 1. The van der Waals surface area contributed by atoms with E-state index in [9.17, 15) is 18.3 Å². The van der Waals surface area contributed by atoms with E-state index in [0.717, 1.165) is 0 Å². The summed E-state index contributed by atoms with van der Waals surface area (Å²) in [5, 5.41) is 12.5. The van der Waals surface area contributed by atoms with Gasteiger partial charge in [-0.25, -0.2) is 18.4 Å². The van der Waals surface area contributed by atoms with Crippen molar-refractivity contribution in [2.45, 2.75) is 25.3 Å². The molecule has 1 fully saturated rings. The van der Waals surface area contributed by atoms with E-state index in [1.807, 2.05) is 6.92 Å². The summed E-state index contributed by atoms with van der Waals surface area (Å²) in [5.74, 6) is -0.280. The summed E-state index contributed by atoms with van der Waals surface area (Å²) in [5.41, 5.74) is 0.00465. The quantitative estimate of drug-likeness (QED) is 0.725. The van der Waals surface area contributed by atoms with Crippen LogP contribution in [0.3, 0.4) is 0 Å². The molecule has 2 aromatic rings. The number of sulfone groups is 1. The zero-order chi connectivity index (χ0) is 16.0. The first-order valence-electron chi connectivity index (χ1n) is 6.75. The number of pyridine rings is 1. The van der Waals surface area contributed by atoms with Crippen molar-refractivity contribution < 1.29 is 35.4 Å². The van der Waals surface area contributed by atoms with Crippen molar-refractivity contribution in [3.63, 3.8) is 0 Å². The van der Waals surface area contributed by atoms with Crippen LogP contribution in [0.1, 0.15) is 29.6 Å². The molecule has 1 amide bonds. The third kappa shape index (κ3) is 4.00. The van der Waals surface area contributed by atoms with E-state index in [-0.39, 0.29) is 45.4 Å². The molecule has 0 aromatic carbocycles. The Labute approximate surface area is 147 Å². The molecule has 2 N–H and O–H groups in total. The number of fused-ring (bicyclic) bond motifs is 1. The number of aromatic nitrogens is 2. The first kappa shape index (κ1) is 18.1. The Kier molecular flexibility index (Phi) is 5.00. The number of carbonyl (C=O) groups excluding carboxylic acids is 1. The zero-order valence-electron chi connectivity index (χ0n) is 12.2. The Balaban J connectivity index is 0.00000192. The number of carbonyl (C=O) groups is 1. The SMILES string of the molecule is CC1(NC(=O)c2nc3cnc(O)cc3s2)CCS(=O)(=O)CC1.[Cu+2]. The Morgan fingerprint density at radius 1 is 1.39 bits per heavy atom. The fraction of sp³-hybridized carbons (Fsp3) is 0.462. The molecule has 127 valence electrons. The van der Waals surface area contributed by atoms with Gasteiger partial charge >= 0.3 is 17.1 Å². The van der Waals surface area contributed by atoms with E-state index in [4.69, 9.17) is 0 Å². The normalized spacial score (nSPS) is 19.0. The molecule has 0 aliphatic carbocycles. The predicted octanol–water partition coefficient (Wildman–Crippen LogP) is 1.09. The number of hydrogen-bond acceptors (Lipinski definition) is 7. The van der Waals surface area contributed by atoms with Gasteiger partial charge in [-0.1, -0.05) is 0 Å². The average Bonchev–Trinajstić information content (AvgIpc) is 2.86. The summed E-state index contributed by atoms with van der Waals surface area (Å²) in [6, 6.07) is 1.46. The smallest absolute Gasteiger partial charge is 0.493 e. The molecule has 3 heterocycles. The standard InChI is InChI=1S/C13H15N3O4S2.Cu/c1-13(2-4-22(19,20)5-3-13)16-11(18)12-15-8-7-14-10(17)6-9(8)21-12;/h6-7H,2-5H2,1H3,(H,14,17)(H,16,18);/q;+2. The fourth-order valence-corrected chi connectivity index (χ4v) is 4.95. The van der Waals surface area contributed by atoms with Crippen molar-refractivity contribution >= 4 is 37.3 Å². The molecule has 0 saturated carbocycles. The summed E-state index contributed by atoms with van der Waals surface area (Å²) < 4.78 is 23.7. The molecule has 1 aliphatic rings. The van der Waals surface area contributed by atoms with Gasteiger partial charge in [0.1, 0.15) is 15.4 Å². The van der Waals surface area contributed by atoms with E-state index in [1.165, 1.54) is 23.6 Å². The van der Waals surface area contributed by atoms with Gasteiger partial charge in [0, 0.05) is 11.6 Å². The van der Waals surface area contributed by atoms with Crippen LogP contribution in [-0.2, 0) is 26.9 Å². The topological polar surface area (TPSA) is 109 Å². The second-order valence-electron chi connectivity index (χ2n) is 5.70. The summed E-state index contributed by atoms with van der Waals surface area (Å²) in [4.78, 5) is 20.3. The summed E-state index contributed by atoms with van der Waals surface area (Å²) in [6.45, 7) is 1.85. The largest absolute Gasteiger partial charge is 2.00 e. The Morgan fingerprint density at radius 2 is 2.04 bits per heavy atom. The van der Waals surface area contributed by atoms with Crippen molar-refractivity contribution in [2.24, 2.45) is 0 Å². The number of nitrogens with one attached hydrogen (secondary N) is 1. The van der Waals surface area contributed by atoms with Crippen LogP contribution in [0.25, 0.3) is 10.2 Å². The van der Waals surface area contributed by atoms with Gasteiger partial charge in [0.25, 0.3) is 5.91 Å². The van der Waals surface area contributed by atoms with Crippen LogP contribution in [0.5, 0.6) is 5.88 Å². The van der Waals surface area contributed by atoms with Crippen molar-refractivity contribution in [2.75, 3.05) is 11.5 Å². The molecule has 1 radical (unpaired) electrons. The van der Waals surface area contributed by atoms with Crippen molar-refractivity contribution in [1.82, 2.24) is 15.3 Å². The number of hydrogen-bond donors (Lipinski definition) is 2. The van der Waals surface area contributed by atoms with Crippen LogP contribution >= 0.6 is 11.3 Å². The summed E-state index contributed by atoms with van der Waals surface area (Å²) in [7, 11) is -2.98. The molecule has 1 saturated heterocycles. The molecule has 23 heavy (non-hydrogen) atoms. The Bertz CT molecular complexity index is 836. The molecule has 1 aliphatic heterocycles. The summed E-state index contributed by atoms with van der Waals surface area (Å²) >= 11 is 1.17. The predicted molar refractivity (Wildman–Crippen MR) is 82.8 cm³/mol. The van der Waals surface area contributed by atoms with Crippen LogP contribution in [0.4, 0.5) is 0 Å². The number of thiazole rings is 1. The van der Waals surface area contributed by atoms with E-state index in [0.29, 0.717) is 23.1 Å². The van der Waals surface area contributed by atoms with Gasteiger partial charge < -0.3 is 10.4 Å². The minimum Gasteiger partial charge on any atom is -0.493 e. The third-order valence-electron chi connectivity index (χ3n) is 3.80. The molecule has 0 bridgehead atoms. The second kappa shape index (κ2) is 6.35. The monoisotopic (exact) mass is 404 g/mol. The van der Waals surface area contributed by atoms with Crippen LogP contribution in [0, 0.1) is 0 Å². The number of rotatable bonds is 2. The zero-order valence-corrected chi connectivity index (χ0v) is 14.7. The minimum absolute atomic E-state index is 0.